The van der Waals surface area contributed by atoms with Crippen LogP contribution in [0.2, 0.25) is 0 Å². The van der Waals surface area contributed by atoms with E-state index in [1.54, 1.807) is 23.2 Å². The van der Waals surface area contributed by atoms with E-state index < -0.39 is 0 Å². The number of carbonyl (C=O) groups excluding carboxylic acids is 1. The minimum absolute atomic E-state index is 0. The van der Waals surface area contributed by atoms with Gasteiger partial charge < -0.3 is 24.0 Å². The van der Waals surface area contributed by atoms with Crippen LogP contribution in [-0.2, 0) is 11.8 Å². The Morgan fingerprint density at radius 3 is 2.39 bits per heavy atom. The summed E-state index contributed by atoms with van der Waals surface area (Å²) < 4.78 is 3.37. The molecule has 118 valence electrons. The number of thiazole rings is 1. The number of amides is 1. The second-order valence-corrected chi connectivity index (χ2v) is 6.07. The maximum absolute atomic E-state index is 11.9. The van der Waals surface area contributed by atoms with Gasteiger partial charge in [0.1, 0.15) is 11.7 Å². The zero-order valence-electron chi connectivity index (χ0n) is 12.9. The number of benzene rings is 2. The summed E-state index contributed by atoms with van der Waals surface area (Å²) in [6.07, 6.45) is 3.82. The molecule has 0 radical (unpaired) electrons. The number of hydrogen-bond acceptors (Lipinski definition) is 2. The van der Waals surface area contributed by atoms with Crippen molar-refractivity contribution < 1.29 is 33.3 Å². The maximum atomic E-state index is 11.9. The van der Waals surface area contributed by atoms with Crippen LogP contribution in [0.1, 0.15) is 11.9 Å². The molecule has 0 spiro atoms. The second kappa shape index (κ2) is 7.70. The smallest absolute Gasteiger partial charge is 0.264 e. The zero-order chi connectivity index (χ0) is 15.5. The molecule has 1 aromatic heterocycles. The molecule has 0 aliphatic carbocycles. The summed E-state index contributed by atoms with van der Waals surface area (Å²) >= 11 is 1.71. The quantitative estimate of drug-likeness (QED) is 0.440. The van der Waals surface area contributed by atoms with Gasteiger partial charge in [0.15, 0.2) is 0 Å². The van der Waals surface area contributed by atoms with Gasteiger partial charge in [0.2, 0.25) is 11.4 Å². The lowest BCUT2D eigenvalue weighted by atomic mass is 10.3. The number of aromatic nitrogens is 1. The molecule has 2 aromatic carbocycles. The molecule has 5 heteroatoms. The summed E-state index contributed by atoms with van der Waals surface area (Å²) in [6, 6.07) is 17.9. The predicted octanol–water partition coefficient (Wildman–Crippen LogP) is 0.754. The van der Waals surface area contributed by atoms with Gasteiger partial charge in [0, 0.05) is 31.0 Å². The van der Waals surface area contributed by atoms with Gasteiger partial charge in [0.05, 0.1) is 0 Å². The van der Waals surface area contributed by atoms with Crippen molar-refractivity contribution in [3.63, 3.8) is 0 Å². The number of carbonyl (C=O) groups is 1. The largest absolute Gasteiger partial charge is 1.00 e. The Kier molecular flexibility index (Phi) is 5.90. The molecule has 23 heavy (non-hydrogen) atoms. The van der Waals surface area contributed by atoms with Crippen LogP contribution in [0.5, 0.6) is 0 Å². The summed E-state index contributed by atoms with van der Waals surface area (Å²) in [5, 5.41) is 1.10. The molecule has 0 N–H and O–H groups in total. The number of anilines is 1. The fourth-order valence-electron chi connectivity index (χ4n) is 2.37. The average molecular weight is 436 g/mol. The van der Waals surface area contributed by atoms with Crippen molar-refractivity contribution in [2.24, 2.45) is 7.05 Å². The van der Waals surface area contributed by atoms with Crippen LogP contribution < -0.4 is 33.4 Å². The molecule has 0 atom stereocenters. The highest BCUT2D eigenvalue weighted by molar-refractivity contribution is 7.18. The Labute approximate surface area is 156 Å². The van der Waals surface area contributed by atoms with E-state index in [-0.39, 0.29) is 29.9 Å². The average Bonchev–Trinajstić information content (AvgIpc) is 2.85. The van der Waals surface area contributed by atoms with Crippen LogP contribution in [-0.4, -0.2) is 5.91 Å². The minimum Gasteiger partial charge on any atom is -1.00 e. The molecule has 0 bridgehead atoms. The Bertz CT molecular complexity index is 843. The Balaban J connectivity index is 0.00000192. The second-order valence-electron chi connectivity index (χ2n) is 5.01. The molecule has 3 aromatic rings. The summed E-state index contributed by atoms with van der Waals surface area (Å²) in [6.45, 7) is 1.57. The van der Waals surface area contributed by atoms with E-state index in [4.69, 9.17) is 0 Å². The number of halogens is 1. The molecule has 0 aliphatic rings. The molecule has 0 unspecified atom stereocenters. The number of fused-ring (bicyclic) bond motifs is 1. The van der Waals surface area contributed by atoms with E-state index in [0.717, 1.165) is 10.7 Å². The number of rotatable bonds is 3. The molecule has 0 aliphatic heterocycles. The highest BCUT2D eigenvalue weighted by Crippen LogP contribution is 2.21. The maximum Gasteiger partial charge on any atom is 0.264 e. The first kappa shape index (κ1) is 17.6. The SMILES string of the molecule is CC(=O)N(C=Cc1sc2ccccc2[n+]1C)c1ccccc1.[I-]. The van der Waals surface area contributed by atoms with Crippen LogP contribution in [0, 0.1) is 0 Å². The van der Waals surface area contributed by atoms with Gasteiger partial charge in [-0.3, -0.25) is 9.69 Å². The van der Waals surface area contributed by atoms with E-state index in [9.17, 15) is 4.79 Å². The van der Waals surface area contributed by atoms with Crippen molar-refractivity contribution in [1.29, 1.82) is 0 Å². The van der Waals surface area contributed by atoms with Gasteiger partial charge in [-0.1, -0.05) is 41.7 Å². The summed E-state index contributed by atoms with van der Waals surface area (Å²) in [5.41, 5.74) is 2.07. The third-order valence-corrected chi connectivity index (χ3v) is 4.70. The lowest BCUT2D eigenvalue weighted by Crippen LogP contribution is -3.00. The van der Waals surface area contributed by atoms with Crippen LogP contribution in [0.4, 0.5) is 5.69 Å². The molecule has 1 amide bonds. The molecule has 3 rings (SSSR count). The van der Waals surface area contributed by atoms with Crippen molar-refractivity contribution in [3.8, 4) is 0 Å². The van der Waals surface area contributed by atoms with E-state index in [0.29, 0.717) is 0 Å². The van der Waals surface area contributed by atoms with E-state index in [1.165, 1.54) is 10.2 Å². The standard InChI is InChI=1S/C18H17N2OS.HI/c1-14(21)20(15-8-4-3-5-9-15)13-12-18-19(2)16-10-6-7-11-17(16)22-18;/h3-13H,1-2H3;1H/q+1;/p-1. The predicted molar refractivity (Wildman–Crippen MR) is 91.6 cm³/mol. The third kappa shape index (κ3) is 3.79. The monoisotopic (exact) mass is 436 g/mol. The van der Waals surface area contributed by atoms with E-state index in [1.807, 2.05) is 61.8 Å². The number of nitrogens with zero attached hydrogens (tertiary/aromatic N) is 2. The summed E-state index contributed by atoms with van der Waals surface area (Å²) in [5.74, 6) is -0.00814. The molecular weight excluding hydrogens is 419 g/mol. The number of para-hydroxylation sites is 2. The van der Waals surface area contributed by atoms with E-state index >= 15 is 0 Å². The molecule has 1 heterocycles. The van der Waals surface area contributed by atoms with Gasteiger partial charge in [0.25, 0.3) is 5.01 Å². The lowest BCUT2D eigenvalue weighted by molar-refractivity contribution is -0.642. The molecule has 0 saturated heterocycles. The van der Waals surface area contributed by atoms with Crippen molar-refractivity contribution in [1.82, 2.24) is 0 Å². The zero-order valence-corrected chi connectivity index (χ0v) is 15.9. The fraction of sp³-hybridized carbons (Fsp3) is 0.111. The van der Waals surface area contributed by atoms with Gasteiger partial charge >= 0.3 is 0 Å². The van der Waals surface area contributed by atoms with Crippen LogP contribution >= 0.6 is 11.3 Å². The lowest BCUT2D eigenvalue weighted by Gasteiger charge is -2.15. The molecule has 3 nitrogen and oxygen atoms in total. The topological polar surface area (TPSA) is 24.2 Å². The van der Waals surface area contributed by atoms with Gasteiger partial charge in [-0.15, -0.1) is 0 Å². The Morgan fingerprint density at radius 1 is 1.09 bits per heavy atom. The third-order valence-electron chi connectivity index (χ3n) is 3.51. The number of aryl methyl sites for hydroxylation is 1. The van der Waals surface area contributed by atoms with Gasteiger partial charge in [-0.05, 0) is 18.2 Å². The Morgan fingerprint density at radius 2 is 1.74 bits per heavy atom. The van der Waals surface area contributed by atoms with Gasteiger partial charge in [-0.25, -0.2) is 0 Å². The fourth-order valence-corrected chi connectivity index (χ4v) is 3.41. The Hall–Kier alpha value is -1.73. The molecule has 0 saturated carbocycles. The van der Waals surface area contributed by atoms with Crippen molar-refractivity contribution in [3.05, 3.63) is 65.8 Å². The van der Waals surface area contributed by atoms with E-state index in [2.05, 4.69) is 16.7 Å². The first-order chi connectivity index (χ1) is 10.7. The highest BCUT2D eigenvalue weighted by atomic mass is 127. The van der Waals surface area contributed by atoms with Crippen molar-refractivity contribution in [2.45, 2.75) is 6.92 Å². The van der Waals surface area contributed by atoms with Crippen molar-refractivity contribution in [2.75, 3.05) is 4.90 Å². The summed E-state index contributed by atoms with van der Waals surface area (Å²) in [7, 11) is 2.04. The van der Waals surface area contributed by atoms with Crippen molar-refractivity contribution >= 4 is 39.2 Å². The normalized spacial score (nSPS) is 10.7. The molecular formula is C18H17IN2OS. The first-order valence-corrected chi connectivity index (χ1v) is 7.89. The molecule has 0 fully saturated rings. The first-order valence-electron chi connectivity index (χ1n) is 7.07. The number of hydrogen-bond donors (Lipinski definition) is 0. The van der Waals surface area contributed by atoms with Crippen LogP contribution in [0.25, 0.3) is 16.3 Å². The summed E-state index contributed by atoms with van der Waals surface area (Å²) in [4.78, 5) is 13.6. The van der Waals surface area contributed by atoms with Gasteiger partial charge in [-0.2, -0.15) is 4.57 Å². The van der Waals surface area contributed by atoms with Crippen LogP contribution in [0.3, 0.4) is 0 Å². The van der Waals surface area contributed by atoms with Crippen LogP contribution in [0.15, 0.2) is 60.8 Å². The highest BCUT2D eigenvalue weighted by Gasteiger charge is 2.14. The minimum atomic E-state index is -0.00814.